The van der Waals surface area contributed by atoms with E-state index in [0.29, 0.717) is 24.3 Å². The molecule has 0 aromatic rings. The van der Waals surface area contributed by atoms with Crippen molar-refractivity contribution >= 4 is 0 Å². The predicted octanol–water partition coefficient (Wildman–Crippen LogP) is 3.71. The summed E-state index contributed by atoms with van der Waals surface area (Å²) in [5.74, 6) is 2.56. The smallest absolute Gasteiger partial charge is 0.0836 e. The van der Waals surface area contributed by atoms with Gasteiger partial charge in [0.05, 0.1) is 6.54 Å². The normalized spacial score (nSPS) is 14.2. The summed E-state index contributed by atoms with van der Waals surface area (Å²) in [5, 5.41) is 2.96. The number of nitroso groups, excluding NO2 is 1. The summed E-state index contributed by atoms with van der Waals surface area (Å²) in [4.78, 5) is 10.1. The number of hydrogen-bond donors (Lipinski definition) is 0. The second-order valence-corrected chi connectivity index (χ2v) is 4.80. The van der Waals surface area contributed by atoms with E-state index in [1.165, 1.54) is 0 Å². The molecule has 0 saturated heterocycles. The van der Waals surface area contributed by atoms with Gasteiger partial charge in [0, 0.05) is 0 Å². The van der Waals surface area contributed by atoms with Gasteiger partial charge in [0.1, 0.15) is 0 Å². The summed E-state index contributed by atoms with van der Waals surface area (Å²) in [6, 6.07) is 0. The molecule has 2 heteroatoms. The maximum Gasteiger partial charge on any atom is 0.0836 e. The van der Waals surface area contributed by atoms with Crippen molar-refractivity contribution < 1.29 is 0 Å². The minimum absolute atomic E-state index is 0.437. The number of hydrogen-bond acceptors (Lipinski definition) is 2. The fourth-order valence-corrected chi connectivity index (χ4v) is 1.98. The van der Waals surface area contributed by atoms with Gasteiger partial charge >= 0.3 is 0 Å². The van der Waals surface area contributed by atoms with Crippen LogP contribution in [0.2, 0.25) is 0 Å². The van der Waals surface area contributed by atoms with E-state index in [9.17, 15) is 4.91 Å². The molecule has 1 atom stereocenters. The Bertz CT molecular complexity index is 135. The number of rotatable bonds is 6. The molecular weight excluding hydrogens is 162 g/mol. The highest BCUT2D eigenvalue weighted by atomic mass is 16.3. The van der Waals surface area contributed by atoms with Crippen LogP contribution in [0, 0.1) is 28.6 Å². The zero-order chi connectivity index (χ0) is 10.4. The average molecular weight is 185 g/mol. The maximum atomic E-state index is 10.1. The molecule has 0 aromatic heterocycles. The van der Waals surface area contributed by atoms with Crippen molar-refractivity contribution in [3.05, 3.63) is 4.91 Å². The van der Waals surface area contributed by atoms with Crippen molar-refractivity contribution in [2.45, 2.75) is 41.0 Å². The van der Waals surface area contributed by atoms with Crippen LogP contribution < -0.4 is 0 Å². The monoisotopic (exact) mass is 185 g/mol. The lowest BCUT2D eigenvalue weighted by Crippen LogP contribution is -2.19. The second kappa shape index (κ2) is 6.11. The largest absolute Gasteiger partial charge is 0.151 e. The van der Waals surface area contributed by atoms with E-state index in [-0.39, 0.29) is 0 Å². The molecule has 0 aliphatic carbocycles. The third-order valence-corrected chi connectivity index (χ3v) is 2.77. The molecule has 2 nitrogen and oxygen atoms in total. The molecule has 0 N–H and O–H groups in total. The van der Waals surface area contributed by atoms with Gasteiger partial charge in [-0.2, -0.15) is 4.91 Å². The minimum atomic E-state index is 0.437. The van der Waals surface area contributed by atoms with Crippen molar-refractivity contribution in [2.24, 2.45) is 28.8 Å². The molecule has 0 aromatic carbocycles. The standard InChI is InChI=1S/C11H23NO/c1-8(2)11(9(3)4)6-10(5)7-12-13/h8-11H,6-7H2,1-5H3. The van der Waals surface area contributed by atoms with Crippen molar-refractivity contribution in [3.63, 3.8) is 0 Å². The zero-order valence-corrected chi connectivity index (χ0v) is 9.58. The lowest BCUT2D eigenvalue weighted by Gasteiger charge is -2.26. The Morgan fingerprint density at radius 2 is 1.46 bits per heavy atom. The van der Waals surface area contributed by atoms with Crippen molar-refractivity contribution in [3.8, 4) is 0 Å². The molecule has 1 unspecified atom stereocenters. The van der Waals surface area contributed by atoms with Crippen molar-refractivity contribution in [1.29, 1.82) is 0 Å². The molecule has 0 bridgehead atoms. The van der Waals surface area contributed by atoms with Gasteiger partial charge in [-0.05, 0) is 30.1 Å². The highest BCUT2D eigenvalue weighted by Gasteiger charge is 2.19. The molecule has 0 aliphatic rings. The number of nitrogens with zero attached hydrogens (tertiary/aromatic N) is 1. The predicted molar refractivity (Wildman–Crippen MR) is 57.6 cm³/mol. The summed E-state index contributed by atoms with van der Waals surface area (Å²) in [5.41, 5.74) is 0. The molecule has 13 heavy (non-hydrogen) atoms. The first kappa shape index (κ1) is 12.6. The average Bonchev–Trinajstić information content (AvgIpc) is 1.99. The SMILES string of the molecule is CC(CN=O)CC(C(C)C)C(C)C. The van der Waals surface area contributed by atoms with Crippen LogP contribution in [-0.4, -0.2) is 6.54 Å². The van der Waals surface area contributed by atoms with Crippen molar-refractivity contribution in [2.75, 3.05) is 6.54 Å². The Morgan fingerprint density at radius 3 is 1.77 bits per heavy atom. The van der Waals surface area contributed by atoms with Gasteiger partial charge in [-0.25, -0.2) is 0 Å². The van der Waals surface area contributed by atoms with Crippen LogP contribution in [0.25, 0.3) is 0 Å². The zero-order valence-electron chi connectivity index (χ0n) is 9.58. The molecule has 78 valence electrons. The van der Waals surface area contributed by atoms with E-state index in [1.807, 2.05) is 0 Å². The first-order valence-electron chi connectivity index (χ1n) is 5.28. The molecule has 0 heterocycles. The summed E-state index contributed by atoms with van der Waals surface area (Å²) in [6.45, 7) is 11.6. The highest BCUT2D eigenvalue weighted by Crippen LogP contribution is 2.27. The van der Waals surface area contributed by atoms with Gasteiger partial charge in [0.25, 0.3) is 0 Å². The lowest BCUT2D eigenvalue weighted by atomic mass is 9.79. The van der Waals surface area contributed by atoms with Crippen LogP contribution in [0.15, 0.2) is 5.18 Å². The van der Waals surface area contributed by atoms with Crippen LogP contribution in [0.3, 0.4) is 0 Å². The van der Waals surface area contributed by atoms with Gasteiger partial charge in [0.2, 0.25) is 0 Å². The Morgan fingerprint density at radius 1 is 1.00 bits per heavy atom. The molecule has 0 fully saturated rings. The van der Waals surface area contributed by atoms with Crippen LogP contribution in [0.4, 0.5) is 0 Å². The fraction of sp³-hybridized carbons (Fsp3) is 1.00. The van der Waals surface area contributed by atoms with E-state index in [1.54, 1.807) is 0 Å². The van der Waals surface area contributed by atoms with Gasteiger partial charge in [-0.3, -0.25) is 0 Å². The van der Waals surface area contributed by atoms with Gasteiger partial charge in [-0.15, -0.1) is 0 Å². The Balaban J connectivity index is 4.01. The Hall–Kier alpha value is -0.400. The first-order valence-corrected chi connectivity index (χ1v) is 5.28. The van der Waals surface area contributed by atoms with E-state index in [0.717, 1.165) is 12.3 Å². The molecular formula is C11H23NO. The highest BCUT2D eigenvalue weighted by molar-refractivity contribution is 4.70. The third kappa shape index (κ3) is 5.02. The lowest BCUT2D eigenvalue weighted by molar-refractivity contribution is 0.237. The first-order chi connectivity index (χ1) is 5.99. The molecule has 0 saturated carbocycles. The summed E-state index contributed by atoms with van der Waals surface area (Å²) < 4.78 is 0. The topological polar surface area (TPSA) is 29.4 Å². The van der Waals surface area contributed by atoms with Gasteiger partial charge < -0.3 is 0 Å². The van der Waals surface area contributed by atoms with E-state index >= 15 is 0 Å². The van der Waals surface area contributed by atoms with E-state index in [2.05, 4.69) is 39.8 Å². The summed E-state index contributed by atoms with van der Waals surface area (Å²) in [7, 11) is 0. The second-order valence-electron chi connectivity index (χ2n) is 4.80. The summed E-state index contributed by atoms with van der Waals surface area (Å²) in [6.07, 6.45) is 1.13. The van der Waals surface area contributed by atoms with Crippen LogP contribution in [-0.2, 0) is 0 Å². The quantitative estimate of drug-likeness (QED) is 0.580. The van der Waals surface area contributed by atoms with Crippen LogP contribution in [0.5, 0.6) is 0 Å². The van der Waals surface area contributed by atoms with Crippen LogP contribution >= 0.6 is 0 Å². The molecule has 0 rings (SSSR count). The molecule has 0 radical (unpaired) electrons. The molecule has 0 aliphatic heterocycles. The van der Waals surface area contributed by atoms with Crippen molar-refractivity contribution in [1.82, 2.24) is 0 Å². The minimum Gasteiger partial charge on any atom is -0.151 e. The fourth-order valence-electron chi connectivity index (χ4n) is 1.98. The van der Waals surface area contributed by atoms with Gasteiger partial charge in [0.15, 0.2) is 0 Å². The van der Waals surface area contributed by atoms with Gasteiger partial charge in [-0.1, -0.05) is 39.8 Å². The maximum absolute atomic E-state index is 10.1. The van der Waals surface area contributed by atoms with E-state index in [4.69, 9.17) is 0 Å². The van der Waals surface area contributed by atoms with Crippen LogP contribution in [0.1, 0.15) is 41.0 Å². The Labute approximate surface area is 82.1 Å². The van der Waals surface area contributed by atoms with E-state index < -0.39 is 0 Å². The molecule has 0 amide bonds. The molecule has 0 spiro atoms. The summed E-state index contributed by atoms with van der Waals surface area (Å²) >= 11 is 0. The third-order valence-electron chi connectivity index (χ3n) is 2.77. The Kier molecular flexibility index (Phi) is 5.93.